The minimum atomic E-state index is -0.153. The number of nitrogens with one attached hydrogen (secondary N) is 1. The second kappa shape index (κ2) is 6.71. The van der Waals surface area contributed by atoms with Gasteiger partial charge in [-0.1, -0.05) is 41.4 Å². The summed E-state index contributed by atoms with van der Waals surface area (Å²) in [6.07, 6.45) is 1.57. The van der Waals surface area contributed by atoms with E-state index in [1.807, 2.05) is 31.2 Å². The Morgan fingerprint density at radius 1 is 1.22 bits per heavy atom. The summed E-state index contributed by atoms with van der Waals surface area (Å²) in [5.74, 6) is 0. The lowest BCUT2D eigenvalue weighted by Gasteiger charge is -2.15. The predicted molar refractivity (Wildman–Crippen MR) is 93.2 cm³/mol. The van der Waals surface area contributed by atoms with Gasteiger partial charge < -0.3 is 5.32 Å². The monoisotopic (exact) mass is 347 g/mol. The van der Waals surface area contributed by atoms with E-state index >= 15 is 0 Å². The van der Waals surface area contributed by atoms with E-state index in [1.54, 1.807) is 18.3 Å². The number of hydrogen-bond donors (Lipinski definition) is 1. The van der Waals surface area contributed by atoms with Crippen LogP contribution in [0.3, 0.4) is 0 Å². The molecule has 4 nitrogen and oxygen atoms in total. The van der Waals surface area contributed by atoms with E-state index in [0.717, 1.165) is 5.56 Å². The van der Waals surface area contributed by atoms with Crippen molar-refractivity contribution in [2.45, 2.75) is 19.5 Å². The molecule has 0 fully saturated rings. The zero-order valence-corrected chi connectivity index (χ0v) is 14.0. The second-order valence-corrected chi connectivity index (χ2v) is 6.13. The molecular weight excluding hydrogens is 333 g/mol. The molecule has 0 amide bonds. The van der Waals surface area contributed by atoms with Crippen LogP contribution >= 0.6 is 23.2 Å². The van der Waals surface area contributed by atoms with Crippen molar-refractivity contribution in [1.29, 1.82) is 0 Å². The van der Waals surface area contributed by atoms with Gasteiger partial charge in [0.2, 0.25) is 0 Å². The van der Waals surface area contributed by atoms with E-state index in [2.05, 4.69) is 10.3 Å². The number of rotatable bonds is 4. The third-order valence-corrected chi connectivity index (χ3v) is 4.21. The average Bonchev–Trinajstić information content (AvgIpc) is 2.54. The maximum atomic E-state index is 12.1. The molecule has 0 saturated carbocycles. The number of benzene rings is 1. The SMILES string of the molecule is C[C@H](NCc1cc(=O)n2cc(Cl)ccc2n1)c1ccccc1Cl. The Balaban J connectivity index is 1.81. The molecule has 0 bridgehead atoms. The van der Waals surface area contributed by atoms with Gasteiger partial charge in [-0.2, -0.15) is 0 Å². The summed E-state index contributed by atoms with van der Waals surface area (Å²) >= 11 is 12.1. The van der Waals surface area contributed by atoms with Gasteiger partial charge in [-0.3, -0.25) is 9.20 Å². The summed E-state index contributed by atoms with van der Waals surface area (Å²) < 4.78 is 1.43. The smallest absolute Gasteiger partial charge is 0.258 e. The molecule has 1 N–H and O–H groups in total. The summed E-state index contributed by atoms with van der Waals surface area (Å²) in [5, 5.41) is 4.55. The zero-order valence-electron chi connectivity index (χ0n) is 12.5. The molecule has 0 aliphatic carbocycles. The van der Waals surface area contributed by atoms with Crippen LogP contribution in [0.4, 0.5) is 0 Å². The van der Waals surface area contributed by atoms with Gasteiger partial charge in [0, 0.05) is 29.9 Å². The summed E-state index contributed by atoms with van der Waals surface area (Å²) in [5.41, 5.74) is 2.11. The largest absolute Gasteiger partial charge is 0.305 e. The van der Waals surface area contributed by atoms with E-state index < -0.39 is 0 Å². The molecule has 6 heteroatoms. The highest BCUT2D eigenvalue weighted by molar-refractivity contribution is 6.31. The van der Waals surface area contributed by atoms with Crippen LogP contribution < -0.4 is 10.9 Å². The molecule has 0 radical (unpaired) electrons. The predicted octanol–water partition coefficient (Wildman–Crippen LogP) is 3.85. The minimum Gasteiger partial charge on any atom is -0.305 e. The van der Waals surface area contributed by atoms with E-state index in [4.69, 9.17) is 23.2 Å². The van der Waals surface area contributed by atoms with Gasteiger partial charge in [0.1, 0.15) is 5.65 Å². The molecule has 3 aromatic rings. The summed E-state index contributed by atoms with van der Waals surface area (Å²) in [7, 11) is 0. The fourth-order valence-electron chi connectivity index (χ4n) is 2.41. The molecule has 118 valence electrons. The van der Waals surface area contributed by atoms with Crippen LogP contribution in [-0.2, 0) is 6.54 Å². The van der Waals surface area contributed by atoms with Gasteiger partial charge in [-0.25, -0.2) is 4.98 Å². The molecule has 3 rings (SSSR count). The van der Waals surface area contributed by atoms with E-state index in [0.29, 0.717) is 27.9 Å². The van der Waals surface area contributed by atoms with Crippen LogP contribution in [0.1, 0.15) is 24.2 Å². The average molecular weight is 348 g/mol. The van der Waals surface area contributed by atoms with Crippen LogP contribution in [-0.4, -0.2) is 9.38 Å². The lowest BCUT2D eigenvalue weighted by Crippen LogP contribution is -2.22. The van der Waals surface area contributed by atoms with Crippen molar-refractivity contribution in [3.05, 3.63) is 80.3 Å². The first-order chi connectivity index (χ1) is 11.0. The first kappa shape index (κ1) is 16.0. The number of pyridine rings is 1. The highest BCUT2D eigenvalue weighted by atomic mass is 35.5. The molecule has 0 unspecified atom stereocenters. The Hall–Kier alpha value is -1.88. The molecule has 2 aromatic heterocycles. The fraction of sp³-hybridized carbons (Fsp3) is 0.176. The summed E-state index contributed by atoms with van der Waals surface area (Å²) in [6, 6.07) is 12.7. The van der Waals surface area contributed by atoms with Crippen LogP contribution in [0.2, 0.25) is 10.0 Å². The molecule has 0 aliphatic rings. The molecule has 0 saturated heterocycles. The van der Waals surface area contributed by atoms with Crippen molar-refractivity contribution >= 4 is 28.8 Å². The van der Waals surface area contributed by atoms with E-state index in [9.17, 15) is 4.79 Å². The highest BCUT2D eigenvalue weighted by Gasteiger charge is 2.09. The maximum absolute atomic E-state index is 12.1. The van der Waals surface area contributed by atoms with Gasteiger partial charge in [0.25, 0.3) is 5.56 Å². The molecule has 0 spiro atoms. The Morgan fingerprint density at radius 3 is 2.78 bits per heavy atom. The summed E-state index contributed by atoms with van der Waals surface area (Å²) in [6.45, 7) is 2.50. The zero-order chi connectivity index (χ0) is 16.4. The Bertz CT molecular complexity index is 908. The number of fused-ring (bicyclic) bond motifs is 1. The number of halogens is 2. The normalized spacial score (nSPS) is 12.5. The van der Waals surface area contributed by atoms with Gasteiger partial charge in [0.15, 0.2) is 0 Å². The van der Waals surface area contributed by atoms with E-state index in [-0.39, 0.29) is 11.6 Å². The molecule has 1 atom stereocenters. The third-order valence-electron chi connectivity index (χ3n) is 3.64. The number of aromatic nitrogens is 2. The Labute approximate surface area is 143 Å². The van der Waals surface area contributed by atoms with Crippen LogP contribution in [0.15, 0.2) is 53.5 Å². The fourth-order valence-corrected chi connectivity index (χ4v) is 2.87. The quantitative estimate of drug-likeness (QED) is 0.779. The van der Waals surface area contributed by atoms with Crippen molar-refractivity contribution in [3.8, 4) is 0 Å². The van der Waals surface area contributed by atoms with Crippen molar-refractivity contribution in [2.24, 2.45) is 0 Å². The van der Waals surface area contributed by atoms with Crippen molar-refractivity contribution in [2.75, 3.05) is 0 Å². The highest BCUT2D eigenvalue weighted by Crippen LogP contribution is 2.22. The number of hydrogen-bond acceptors (Lipinski definition) is 3. The van der Waals surface area contributed by atoms with Crippen molar-refractivity contribution < 1.29 is 0 Å². The molecular formula is C17H15Cl2N3O. The summed E-state index contributed by atoms with van der Waals surface area (Å²) in [4.78, 5) is 16.6. The van der Waals surface area contributed by atoms with Gasteiger partial charge in [-0.05, 0) is 30.7 Å². The van der Waals surface area contributed by atoms with Crippen LogP contribution in [0, 0.1) is 0 Å². The first-order valence-electron chi connectivity index (χ1n) is 7.20. The molecule has 0 aliphatic heterocycles. The lowest BCUT2D eigenvalue weighted by atomic mass is 10.1. The molecule has 1 aromatic carbocycles. The first-order valence-corrected chi connectivity index (χ1v) is 7.96. The molecule has 2 heterocycles. The second-order valence-electron chi connectivity index (χ2n) is 5.29. The third kappa shape index (κ3) is 3.55. The molecule has 23 heavy (non-hydrogen) atoms. The van der Waals surface area contributed by atoms with Gasteiger partial charge in [0.05, 0.1) is 10.7 Å². The van der Waals surface area contributed by atoms with Gasteiger partial charge in [-0.15, -0.1) is 0 Å². The lowest BCUT2D eigenvalue weighted by molar-refractivity contribution is 0.567. The van der Waals surface area contributed by atoms with Crippen LogP contribution in [0.25, 0.3) is 5.65 Å². The maximum Gasteiger partial charge on any atom is 0.258 e. The van der Waals surface area contributed by atoms with Crippen molar-refractivity contribution in [1.82, 2.24) is 14.7 Å². The van der Waals surface area contributed by atoms with Crippen molar-refractivity contribution in [3.63, 3.8) is 0 Å². The minimum absolute atomic E-state index is 0.0502. The topological polar surface area (TPSA) is 46.4 Å². The van der Waals surface area contributed by atoms with Crippen LogP contribution in [0.5, 0.6) is 0 Å². The number of nitrogens with zero attached hydrogens (tertiary/aromatic N) is 2. The standard InChI is InChI=1S/C17H15Cl2N3O/c1-11(14-4-2-3-5-15(14)19)20-9-13-8-17(23)22-10-12(18)6-7-16(22)21-13/h2-8,10-11,20H,9H2,1H3/t11-/m0/s1. The van der Waals surface area contributed by atoms with Gasteiger partial charge >= 0.3 is 0 Å². The Morgan fingerprint density at radius 2 is 2.00 bits per heavy atom. The van der Waals surface area contributed by atoms with E-state index in [1.165, 1.54) is 10.5 Å². The Kier molecular flexibility index (Phi) is 4.66.